The van der Waals surface area contributed by atoms with E-state index in [9.17, 15) is 13.6 Å². The number of halogens is 2. The molecule has 0 aromatic carbocycles. The lowest BCUT2D eigenvalue weighted by Gasteiger charge is -2.07. The minimum absolute atomic E-state index is 0.0662. The van der Waals surface area contributed by atoms with E-state index in [0.717, 1.165) is 12.8 Å². The standard InChI is InChI=1S/C6H13F2O5P/c1-2-3-4-10-5-6-11-14(9,12-7)13-8/h2-6H2,1H3. The van der Waals surface area contributed by atoms with Crippen molar-refractivity contribution in [3.05, 3.63) is 0 Å². The van der Waals surface area contributed by atoms with Gasteiger partial charge in [0.2, 0.25) is 0 Å². The molecule has 8 heteroatoms. The minimum Gasteiger partial charge on any atom is -0.379 e. The molecule has 0 aliphatic heterocycles. The van der Waals surface area contributed by atoms with Crippen molar-refractivity contribution in [3.63, 3.8) is 0 Å². The Kier molecular flexibility index (Phi) is 8.21. The van der Waals surface area contributed by atoms with Crippen LogP contribution >= 0.6 is 7.82 Å². The number of hydrogen-bond acceptors (Lipinski definition) is 5. The molecule has 5 nitrogen and oxygen atoms in total. The molecule has 0 rings (SSSR count). The van der Waals surface area contributed by atoms with Crippen molar-refractivity contribution in [2.75, 3.05) is 19.8 Å². The van der Waals surface area contributed by atoms with Gasteiger partial charge < -0.3 is 4.74 Å². The van der Waals surface area contributed by atoms with E-state index < -0.39 is 7.82 Å². The summed E-state index contributed by atoms with van der Waals surface area (Å²) in [4.78, 5) is 0. The Hall–Kier alpha value is -0.0700. The molecule has 0 radical (unpaired) electrons. The molecule has 0 atom stereocenters. The zero-order chi connectivity index (χ0) is 10.9. The first kappa shape index (κ1) is 13.9. The Labute approximate surface area is 80.7 Å². The van der Waals surface area contributed by atoms with Gasteiger partial charge in [0.25, 0.3) is 0 Å². The lowest BCUT2D eigenvalue weighted by atomic mass is 10.4. The molecule has 0 saturated heterocycles. The van der Waals surface area contributed by atoms with Gasteiger partial charge in [-0.25, -0.2) is 4.57 Å². The number of unbranched alkanes of at least 4 members (excludes halogenated alkanes) is 1. The van der Waals surface area contributed by atoms with Crippen molar-refractivity contribution in [2.24, 2.45) is 0 Å². The second-order valence-corrected chi connectivity index (χ2v) is 3.81. The van der Waals surface area contributed by atoms with Gasteiger partial charge in [-0.2, -0.15) is 0 Å². The summed E-state index contributed by atoms with van der Waals surface area (Å²) in [6.07, 6.45) is 1.84. The van der Waals surface area contributed by atoms with Crippen LogP contribution in [-0.4, -0.2) is 19.8 Å². The highest BCUT2D eigenvalue weighted by atomic mass is 31.2. The smallest absolute Gasteiger partial charge is 0.379 e. The molecule has 0 amide bonds. The van der Waals surface area contributed by atoms with Crippen molar-refractivity contribution in [2.45, 2.75) is 19.8 Å². The fourth-order valence-electron chi connectivity index (χ4n) is 0.607. The Morgan fingerprint density at radius 2 is 1.79 bits per heavy atom. The van der Waals surface area contributed by atoms with Gasteiger partial charge in [-0.05, 0) is 15.5 Å². The quantitative estimate of drug-likeness (QED) is 0.453. The highest BCUT2D eigenvalue weighted by molar-refractivity contribution is 7.48. The normalized spacial score (nSPS) is 11.9. The molecule has 0 unspecified atom stereocenters. The molecule has 0 spiro atoms. The molecule has 0 aromatic rings. The number of ether oxygens (including phenoxy) is 1. The third-order valence-electron chi connectivity index (χ3n) is 1.29. The summed E-state index contributed by atoms with van der Waals surface area (Å²) in [5, 5.41) is 0. The first-order chi connectivity index (χ1) is 6.68. The molecular weight excluding hydrogens is 221 g/mol. The van der Waals surface area contributed by atoms with Crippen molar-refractivity contribution < 1.29 is 32.3 Å². The summed E-state index contributed by atoms with van der Waals surface area (Å²) in [6, 6.07) is 0. The van der Waals surface area contributed by atoms with Gasteiger partial charge >= 0.3 is 7.82 Å². The molecule has 14 heavy (non-hydrogen) atoms. The first-order valence-electron chi connectivity index (χ1n) is 4.11. The van der Waals surface area contributed by atoms with E-state index in [2.05, 4.69) is 14.0 Å². The number of rotatable bonds is 9. The third-order valence-corrected chi connectivity index (χ3v) is 2.13. The predicted molar refractivity (Wildman–Crippen MR) is 43.7 cm³/mol. The van der Waals surface area contributed by atoms with Gasteiger partial charge in [-0.1, -0.05) is 22.8 Å². The highest BCUT2D eigenvalue weighted by Crippen LogP contribution is 2.49. The van der Waals surface area contributed by atoms with Crippen LogP contribution in [-0.2, 0) is 23.3 Å². The maximum atomic E-state index is 11.4. The molecule has 0 bridgehead atoms. The molecule has 0 heterocycles. The van der Waals surface area contributed by atoms with Crippen LogP contribution in [0.2, 0.25) is 0 Å². The zero-order valence-electron chi connectivity index (χ0n) is 7.78. The molecule has 0 saturated carbocycles. The molecular formula is C6H13F2O5P. The van der Waals surface area contributed by atoms with E-state index in [4.69, 9.17) is 4.74 Å². The van der Waals surface area contributed by atoms with E-state index >= 15 is 0 Å². The molecule has 0 aromatic heterocycles. The van der Waals surface area contributed by atoms with E-state index in [1.807, 2.05) is 6.92 Å². The fraction of sp³-hybridized carbons (Fsp3) is 1.00. The van der Waals surface area contributed by atoms with Crippen molar-refractivity contribution in [1.29, 1.82) is 0 Å². The highest BCUT2D eigenvalue weighted by Gasteiger charge is 2.29. The van der Waals surface area contributed by atoms with E-state index in [-0.39, 0.29) is 13.2 Å². The molecule has 86 valence electrons. The third kappa shape index (κ3) is 6.39. The first-order valence-corrected chi connectivity index (χ1v) is 5.57. The minimum atomic E-state index is -4.65. The summed E-state index contributed by atoms with van der Waals surface area (Å²) in [6.45, 7) is 2.30. The average molecular weight is 234 g/mol. The van der Waals surface area contributed by atoms with Crippen LogP contribution in [0.4, 0.5) is 9.05 Å². The molecule has 0 aliphatic carbocycles. The van der Waals surface area contributed by atoms with Gasteiger partial charge in [0.15, 0.2) is 0 Å². The summed E-state index contributed by atoms with van der Waals surface area (Å²) >= 11 is 0. The maximum Gasteiger partial charge on any atom is 0.537 e. The van der Waals surface area contributed by atoms with Crippen LogP contribution in [0.25, 0.3) is 0 Å². The van der Waals surface area contributed by atoms with Gasteiger partial charge in [-0.15, -0.1) is 0 Å². The van der Waals surface area contributed by atoms with Crippen LogP contribution in [0.3, 0.4) is 0 Å². The fourth-order valence-corrected chi connectivity index (χ4v) is 1.01. The predicted octanol–water partition coefficient (Wildman–Crippen LogP) is 2.73. The van der Waals surface area contributed by atoms with E-state index in [1.165, 1.54) is 0 Å². The molecule has 0 N–H and O–H groups in total. The van der Waals surface area contributed by atoms with Gasteiger partial charge in [-0.3, -0.25) is 4.52 Å². The topological polar surface area (TPSA) is 54.0 Å². The van der Waals surface area contributed by atoms with Gasteiger partial charge in [0, 0.05) is 6.61 Å². The van der Waals surface area contributed by atoms with Crippen LogP contribution in [0.1, 0.15) is 19.8 Å². The Balaban J connectivity index is 3.39. The number of hydrogen-bond donors (Lipinski definition) is 0. The van der Waals surface area contributed by atoms with Crippen LogP contribution < -0.4 is 0 Å². The Bertz CT molecular complexity index is 172. The van der Waals surface area contributed by atoms with Crippen molar-refractivity contribution in [1.82, 2.24) is 0 Å². The van der Waals surface area contributed by atoms with Gasteiger partial charge in [0.05, 0.1) is 13.2 Å². The van der Waals surface area contributed by atoms with Gasteiger partial charge in [0.1, 0.15) is 0 Å². The SMILES string of the molecule is CCCCOCCOP(=O)(OF)OF. The second kappa shape index (κ2) is 8.26. The monoisotopic (exact) mass is 234 g/mol. The summed E-state index contributed by atoms with van der Waals surface area (Å²) in [7, 11) is -4.65. The van der Waals surface area contributed by atoms with Crippen molar-refractivity contribution >= 4 is 7.82 Å². The van der Waals surface area contributed by atoms with E-state index in [0.29, 0.717) is 6.61 Å². The van der Waals surface area contributed by atoms with Crippen molar-refractivity contribution in [3.8, 4) is 0 Å². The van der Waals surface area contributed by atoms with Crippen LogP contribution in [0.15, 0.2) is 0 Å². The lowest BCUT2D eigenvalue weighted by molar-refractivity contribution is -0.120. The number of phosphoric acid groups is 1. The second-order valence-electron chi connectivity index (χ2n) is 2.38. The summed E-state index contributed by atoms with van der Waals surface area (Å²) in [5.41, 5.74) is 0. The van der Waals surface area contributed by atoms with Crippen LogP contribution in [0.5, 0.6) is 0 Å². The van der Waals surface area contributed by atoms with E-state index in [1.54, 1.807) is 0 Å². The zero-order valence-corrected chi connectivity index (χ0v) is 8.67. The summed E-state index contributed by atoms with van der Waals surface area (Å²) < 4.78 is 47.8. The molecule has 0 fully saturated rings. The van der Waals surface area contributed by atoms with Crippen LogP contribution in [0, 0.1) is 0 Å². The molecule has 0 aliphatic rings. The Morgan fingerprint density at radius 3 is 2.29 bits per heavy atom. The summed E-state index contributed by atoms with van der Waals surface area (Å²) in [5.74, 6) is 0. The average Bonchev–Trinajstić information content (AvgIpc) is 2.23. The largest absolute Gasteiger partial charge is 0.537 e. The maximum absolute atomic E-state index is 11.4. The Morgan fingerprint density at radius 1 is 1.14 bits per heavy atom. The lowest BCUT2D eigenvalue weighted by Crippen LogP contribution is -2.04.